The Hall–Kier alpha value is -1.10. The summed E-state index contributed by atoms with van der Waals surface area (Å²) in [6, 6.07) is -0.293. The lowest BCUT2D eigenvalue weighted by atomic mass is 9.99. The number of hydrogen-bond acceptors (Lipinski definition) is 3. The minimum absolute atomic E-state index is 0.165. The number of carbonyl (C=O) groups is 2. The van der Waals surface area contributed by atoms with Gasteiger partial charge in [-0.2, -0.15) is 0 Å². The third-order valence-corrected chi connectivity index (χ3v) is 6.23. The predicted molar refractivity (Wildman–Crippen MR) is 69.8 cm³/mol. The summed E-state index contributed by atoms with van der Waals surface area (Å²) >= 11 is 0. The van der Waals surface area contributed by atoms with Crippen LogP contribution in [0.3, 0.4) is 0 Å². The van der Waals surface area contributed by atoms with Crippen molar-refractivity contribution in [3.63, 3.8) is 0 Å². The summed E-state index contributed by atoms with van der Waals surface area (Å²) < 4.78 is 5.28. The zero-order valence-electron chi connectivity index (χ0n) is 11.7. The number of amides is 1. The molecule has 1 N–H and O–H groups in total. The van der Waals surface area contributed by atoms with Gasteiger partial charge < -0.3 is 14.7 Å². The van der Waals surface area contributed by atoms with E-state index >= 15 is 0 Å². The van der Waals surface area contributed by atoms with Gasteiger partial charge in [0.1, 0.15) is 5.92 Å². The zero-order chi connectivity index (χ0) is 14.0. The summed E-state index contributed by atoms with van der Waals surface area (Å²) in [6.07, 6.45) is 3.92. The molecule has 0 aromatic rings. The molecule has 6 atom stereocenters. The number of fused-ring (bicyclic) bond motifs is 5. The van der Waals surface area contributed by atoms with Crippen molar-refractivity contribution in [1.82, 2.24) is 4.90 Å². The van der Waals surface area contributed by atoms with E-state index in [-0.39, 0.29) is 24.5 Å². The molecule has 6 unspecified atom stereocenters. The van der Waals surface area contributed by atoms with Crippen molar-refractivity contribution < 1.29 is 19.4 Å². The van der Waals surface area contributed by atoms with Crippen molar-refractivity contribution in [3.8, 4) is 0 Å². The molecule has 5 nitrogen and oxygen atoms in total. The lowest BCUT2D eigenvalue weighted by Gasteiger charge is -2.27. The molecule has 5 heteroatoms. The lowest BCUT2D eigenvalue weighted by Crippen LogP contribution is -2.45. The van der Waals surface area contributed by atoms with Gasteiger partial charge in [-0.15, -0.1) is 0 Å². The maximum absolute atomic E-state index is 12.7. The first kappa shape index (κ1) is 12.6. The van der Waals surface area contributed by atoms with Crippen molar-refractivity contribution >= 4 is 11.9 Å². The molecule has 3 saturated carbocycles. The predicted octanol–water partition coefficient (Wildman–Crippen LogP) is 0.837. The second-order valence-electron chi connectivity index (χ2n) is 7.01. The van der Waals surface area contributed by atoms with Crippen LogP contribution in [0, 0.1) is 35.5 Å². The van der Waals surface area contributed by atoms with E-state index in [1.54, 1.807) is 11.9 Å². The summed E-state index contributed by atoms with van der Waals surface area (Å²) in [5.41, 5.74) is 0. The molecule has 1 aliphatic heterocycles. The van der Waals surface area contributed by atoms with Crippen molar-refractivity contribution in [2.45, 2.75) is 25.3 Å². The van der Waals surface area contributed by atoms with Crippen molar-refractivity contribution in [1.29, 1.82) is 0 Å². The normalized spacial score (nSPS) is 48.1. The average molecular weight is 279 g/mol. The Morgan fingerprint density at radius 2 is 1.80 bits per heavy atom. The van der Waals surface area contributed by atoms with E-state index in [1.807, 2.05) is 0 Å². The highest BCUT2D eigenvalue weighted by Gasteiger charge is 2.68. The van der Waals surface area contributed by atoms with Crippen LogP contribution in [0.25, 0.3) is 0 Å². The van der Waals surface area contributed by atoms with Crippen LogP contribution in [-0.2, 0) is 14.3 Å². The molecule has 0 aromatic carbocycles. The number of likely N-dealkylation sites (N-methyl/N-ethyl adjacent to an activating group) is 1. The van der Waals surface area contributed by atoms with Crippen molar-refractivity contribution in [2.75, 3.05) is 20.3 Å². The molecule has 1 amide bonds. The first-order valence-corrected chi connectivity index (χ1v) is 7.67. The monoisotopic (exact) mass is 279 g/mol. The number of hydrogen-bond donors (Lipinski definition) is 1. The van der Waals surface area contributed by atoms with E-state index in [9.17, 15) is 14.7 Å². The van der Waals surface area contributed by atoms with Gasteiger partial charge in [-0.3, -0.25) is 9.59 Å². The average Bonchev–Trinajstić information content (AvgIpc) is 2.85. The van der Waals surface area contributed by atoms with Gasteiger partial charge in [-0.05, 0) is 42.9 Å². The molecule has 0 radical (unpaired) electrons. The van der Waals surface area contributed by atoms with Gasteiger partial charge in [0.2, 0.25) is 5.91 Å². The van der Waals surface area contributed by atoms with Gasteiger partial charge in [0.15, 0.2) is 0 Å². The second-order valence-corrected chi connectivity index (χ2v) is 7.01. The Morgan fingerprint density at radius 3 is 2.40 bits per heavy atom. The lowest BCUT2D eigenvalue weighted by molar-refractivity contribution is -0.145. The Balaban J connectivity index is 1.46. The first-order chi connectivity index (χ1) is 9.59. The van der Waals surface area contributed by atoms with E-state index in [4.69, 9.17) is 4.74 Å². The van der Waals surface area contributed by atoms with Crippen LogP contribution in [0.5, 0.6) is 0 Å². The molecule has 1 saturated heterocycles. The molecular formula is C15H21NO4. The SMILES string of the molecule is CN(C(=O)C1C2C3CCC(C3)C12)C1COCC1C(=O)O. The van der Waals surface area contributed by atoms with Crippen molar-refractivity contribution in [3.05, 3.63) is 0 Å². The molecule has 4 rings (SSSR count). The maximum Gasteiger partial charge on any atom is 0.311 e. The molecule has 110 valence electrons. The number of carboxylic acid groups (broad SMARTS) is 1. The van der Waals surface area contributed by atoms with Gasteiger partial charge in [0, 0.05) is 13.0 Å². The topological polar surface area (TPSA) is 66.8 Å². The third-order valence-electron chi connectivity index (χ3n) is 6.23. The largest absolute Gasteiger partial charge is 0.481 e. The first-order valence-electron chi connectivity index (χ1n) is 7.67. The highest BCUT2D eigenvalue weighted by Crippen LogP contribution is 2.69. The Labute approximate surface area is 118 Å². The van der Waals surface area contributed by atoms with Crippen LogP contribution >= 0.6 is 0 Å². The molecule has 0 aromatic heterocycles. The summed E-state index contributed by atoms with van der Waals surface area (Å²) in [6.45, 7) is 0.578. The van der Waals surface area contributed by atoms with Crippen LogP contribution in [0.15, 0.2) is 0 Å². The van der Waals surface area contributed by atoms with Gasteiger partial charge in [-0.1, -0.05) is 0 Å². The Bertz CT molecular complexity index is 449. The summed E-state index contributed by atoms with van der Waals surface area (Å²) in [4.78, 5) is 25.6. The number of carbonyl (C=O) groups excluding carboxylic acids is 1. The molecular weight excluding hydrogens is 258 g/mol. The number of carboxylic acids is 1. The maximum atomic E-state index is 12.7. The van der Waals surface area contributed by atoms with E-state index in [2.05, 4.69) is 0 Å². The summed E-state index contributed by atoms with van der Waals surface area (Å²) in [7, 11) is 1.76. The highest BCUT2D eigenvalue weighted by atomic mass is 16.5. The van der Waals surface area contributed by atoms with Crippen LogP contribution < -0.4 is 0 Å². The smallest absolute Gasteiger partial charge is 0.311 e. The summed E-state index contributed by atoms with van der Waals surface area (Å²) in [5, 5.41) is 9.21. The van der Waals surface area contributed by atoms with Gasteiger partial charge in [-0.25, -0.2) is 0 Å². The van der Waals surface area contributed by atoms with E-state index in [0.717, 1.165) is 11.8 Å². The van der Waals surface area contributed by atoms with E-state index in [1.165, 1.54) is 19.3 Å². The van der Waals surface area contributed by atoms with Gasteiger partial charge in [0.25, 0.3) is 0 Å². The summed E-state index contributed by atoms with van der Waals surface area (Å²) in [5.74, 6) is 1.66. The minimum atomic E-state index is -0.858. The quantitative estimate of drug-likeness (QED) is 0.831. The third kappa shape index (κ3) is 1.59. The fraction of sp³-hybridized carbons (Fsp3) is 0.867. The molecule has 1 heterocycles. The molecule has 4 aliphatic rings. The standard InChI is InChI=1S/C15H21NO4/c1-16(10-6-20-5-9(10)15(18)19)14(17)13-11-7-2-3-8(4-7)12(11)13/h7-13H,2-6H2,1H3,(H,18,19). The molecule has 4 fully saturated rings. The minimum Gasteiger partial charge on any atom is -0.481 e. The van der Waals surface area contributed by atoms with Crippen LogP contribution in [0.4, 0.5) is 0 Å². The van der Waals surface area contributed by atoms with Crippen LogP contribution in [0.2, 0.25) is 0 Å². The zero-order valence-corrected chi connectivity index (χ0v) is 11.7. The van der Waals surface area contributed by atoms with E-state index in [0.29, 0.717) is 18.4 Å². The number of aliphatic carboxylic acids is 1. The van der Waals surface area contributed by atoms with Gasteiger partial charge in [0.05, 0.1) is 19.3 Å². The molecule has 20 heavy (non-hydrogen) atoms. The molecule has 3 aliphatic carbocycles. The number of nitrogens with zero attached hydrogens (tertiary/aromatic N) is 1. The Morgan fingerprint density at radius 1 is 1.15 bits per heavy atom. The van der Waals surface area contributed by atoms with Crippen LogP contribution in [-0.4, -0.2) is 48.2 Å². The fourth-order valence-electron chi connectivity index (χ4n) is 5.21. The molecule has 0 spiro atoms. The van der Waals surface area contributed by atoms with Crippen molar-refractivity contribution in [2.24, 2.45) is 35.5 Å². The van der Waals surface area contributed by atoms with Crippen LogP contribution in [0.1, 0.15) is 19.3 Å². The fourth-order valence-corrected chi connectivity index (χ4v) is 5.21. The Kier molecular flexibility index (Phi) is 2.65. The second kappa shape index (κ2) is 4.20. The number of ether oxygens (including phenoxy) is 1. The van der Waals surface area contributed by atoms with E-state index < -0.39 is 11.9 Å². The highest BCUT2D eigenvalue weighted by molar-refractivity contribution is 5.84. The molecule has 2 bridgehead atoms. The van der Waals surface area contributed by atoms with Gasteiger partial charge >= 0.3 is 5.97 Å². The number of rotatable bonds is 3.